The molecule has 0 radical (unpaired) electrons. The highest BCUT2D eigenvalue weighted by Gasteiger charge is 2.25. The van der Waals surface area contributed by atoms with E-state index in [9.17, 15) is 4.39 Å². The van der Waals surface area contributed by atoms with Gasteiger partial charge in [0.15, 0.2) is 0 Å². The lowest BCUT2D eigenvalue weighted by atomic mass is 9.76. The molecule has 1 saturated carbocycles. The van der Waals surface area contributed by atoms with E-state index in [0.717, 1.165) is 27.9 Å². The molecule has 0 amide bonds. The van der Waals surface area contributed by atoms with E-state index in [0.29, 0.717) is 5.92 Å². The van der Waals surface area contributed by atoms with Crippen LogP contribution in [0.2, 0.25) is 0 Å². The summed E-state index contributed by atoms with van der Waals surface area (Å²) in [5.74, 6) is 1.44. The summed E-state index contributed by atoms with van der Waals surface area (Å²) in [7, 11) is 0. The zero-order chi connectivity index (χ0) is 16.7. The first-order valence-corrected chi connectivity index (χ1v) is 12.0. The Morgan fingerprint density at radius 2 is 1.83 bits per heavy atom. The smallest absolute Gasteiger partial charge is 0.139 e. The summed E-state index contributed by atoms with van der Waals surface area (Å²) < 4.78 is 20.0. The molecule has 0 bridgehead atoms. The van der Waals surface area contributed by atoms with Crippen LogP contribution in [0.15, 0.2) is 12.1 Å². The Hall–Kier alpha value is -0.250. The van der Waals surface area contributed by atoms with Crippen molar-refractivity contribution in [1.29, 1.82) is 0 Å². The normalized spacial score (nSPS) is 21.5. The van der Waals surface area contributed by atoms with Gasteiger partial charge in [0.1, 0.15) is 5.82 Å². The number of halogens is 2. The summed E-state index contributed by atoms with van der Waals surface area (Å²) in [6.07, 6.45) is 12.4. The van der Waals surface area contributed by atoms with Gasteiger partial charge in [-0.1, -0.05) is 83.3 Å². The monoisotopic (exact) mass is 430 g/mol. The third-order valence-corrected chi connectivity index (χ3v) is 7.28. The minimum absolute atomic E-state index is 0.105. The Labute approximate surface area is 152 Å². The van der Waals surface area contributed by atoms with Crippen LogP contribution in [0.5, 0.6) is 0 Å². The standard InChI is InChI=1S/C21H32FI/c1-4-6-7-9-16-10-12-17(13-11-16)19-15-14-18(8-5-2)21(23-3)20(19)22/h14-17H,3-13H2,1-2H3. The molecule has 0 saturated heterocycles. The Kier molecular flexibility index (Phi) is 8.22. The summed E-state index contributed by atoms with van der Waals surface area (Å²) in [4.78, 5) is 0. The average Bonchev–Trinajstić information content (AvgIpc) is 2.57. The molecule has 0 aliphatic heterocycles. The van der Waals surface area contributed by atoms with E-state index >= 15 is 0 Å². The quantitative estimate of drug-likeness (QED) is 0.302. The first-order valence-electron chi connectivity index (χ1n) is 9.40. The lowest BCUT2D eigenvalue weighted by Gasteiger charge is -2.29. The largest absolute Gasteiger partial charge is 0.206 e. The fourth-order valence-corrected chi connectivity index (χ4v) is 5.56. The van der Waals surface area contributed by atoms with E-state index in [2.05, 4.69) is 30.5 Å². The van der Waals surface area contributed by atoms with Crippen molar-refractivity contribution in [3.05, 3.63) is 32.6 Å². The molecule has 1 aromatic rings. The summed E-state index contributed by atoms with van der Waals surface area (Å²) >= 11 is -0.430. The molecule has 130 valence electrons. The fraction of sp³-hybridized carbons (Fsp3) is 0.667. The minimum Gasteiger partial charge on any atom is -0.206 e. The first kappa shape index (κ1) is 19.1. The van der Waals surface area contributed by atoms with E-state index in [1.165, 1.54) is 56.9 Å². The zero-order valence-electron chi connectivity index (χ0n) is 14.8. The van der Waals surface area contributed by atoms with Gasteiger partial charge in [0, 0.05) is 3.57 Å². The highest BCUT2D eigenvalue weighted by atomic mass is 127. The maximum Gasteiger partial charge on any atom is 0.139 e. The summed E-state index contributed by atoms with van der Waals surface area (Å²) in [5.41, 5.74) is 2.21. The van der Waals surface area contributed by atoms with Crippen LogP contribution in [0.1, 0.15) is 88.7 Å². The van der Waals surface area contributed by atoms with Gasteiger partial charge in [-0.2, -0.15) is 0 Å². The van der Waals surface area contributed by atoms with Crippen LogP contribution < -0.4 is 0 Å². The fourth-order valence-electron chi connectivity index (χ4n) is 3.97. The highest BCUT2D eigenvalue weighted by molar-refractivity contribution is 14.2. The van der Waals surface area contributed by atoms with Crippen molar-refractivity contribution in [3.8, 4) is 0 Å². The van der Waals surface area contributed by atoms with Crippen molar-refractivity contribution in [2.24, 2.45) is 5.92 Å². The topological polar surface area (TPSA) is 0 Å². The molecule has 1 fully saturated rings. The van der Waals surface area contributed by atoms with Crippen molar-refractivity contribution in [1.82, 2.24) is 0 Å². The van der Waals surface area contributed by atoms with E-state index in [-0.39, 0.29) is 5.82 Å². The van der Waals surface area contributed by atoms with Gasteiger partial charge in [0.05, 0.1) is 0 Å². The van der Waals surface area contributed by atoms with Gasteiger partial charge < -0.3 is 0 Å². The van der Waals surface area contributed by atoms with Crippen LogP contribution >= 0.6 is 20.7 Å². The molecule has 0 N–H and O–H groups in total. The van der Waals surface area contributed by atoms with E-state index in [1.54, 1.807) is 0 Å². The van der Waals surface area contributed by atoms with Crippen LogP contribution in [-0.4, -0.2) is 4.51 Å². The molecule has 0 spiro atoms. The molecule has 1 aliphatic carbocycles. The van der Waals surface area contributed by atoms with Gasteiger partial charge in [0.2, 0.25) is 0 Å². The molecular formula is C21H32FI. The predicted molar refractivity (Wildman–Crippen MR) is 109 cm³/mol. The van der Waals surface area contributed by atoms with Gasteiger partial charge in [-0.3, -0.25) is 0 Å². The Morgan fingerprint density at radius 1 is 1.09 bits per heavy atom. The second-order valence-corrected chi connectivity index (χ2v) is 8.88. The molecule has 0 heterocycles. The van der Waals surface area contributed by atoms with E-state index < -0.39 is 20.7 Å². The third-order valence-electron chi connectivity index (χ3n) is 5.35. The van der Waals surface area contributed by atoms with Crippen molar-refractivity contribution < 1.29 is 4.39 Å². The van der Waals surface area contributed by atoms with Gasteiger partial charge in [-0.05, 0) is 55.1 Å². The van der Waals surface area contributed by atoms with Gasteiger partial charge in [-0.25, -0.2) is 4.39 Å². The third kappa shape index (κ3) is 5.11. The molecule has 2 heteroatoms. The van der Waals surface area contributed by atoms with Gasteiger partial charge in [0.25, 0.3) is 0 Å². The van der Waals surface area contributed by atoms with Crippen LogP contribution in [0.4, 0.5) is 4.39 Å². The van der Waals surface area contributed by atoms with E-state index in [4.69, 9.17) is 0 Å². The highest BCUT2D eigenvalue weighted by Crippen LogP contribution is 2.40. The summed E-state index contributed by atoms with van der Waals surface area (Å²) in [6, 6.07) is 4.28. The van der Waals surface area contributed by atoms with Gasteiger partial charge in [-0.15, -0.1) is 0 Å². The van der Waals surface area contributed by atoms with Crippen molar-refractivity contribution >= 4 is 25.2 Å². The van der Waals surface area contributed by atoms with Crippen molar-refractivity contribution in [2.75, 3.05) is 0 Å². The molecule has 0 unspecified atom stereocenters. The number of unbranched alkanes of at least 4 members (excludes halogenated alkanes) is 2. The number of rotatable bonds is 8. The first-order chi connectivity index (χ1) is 11.2. The lowest BCUT2D eigenvalue weighted by molar-refractivity contribution is 0.299. The van der Waals surface area contributed by atoms with E-state index in [1.807, 2.05) is 0 Å². The van der Waals surface area contributed by atoms with Crippen LogP contribution in [0.3, 0.4) is 0 Å². The summed E-state index contributed by atoms with van der Waals surface area (Å²) in [5, 5.41) is 0. The van der Waals surface area contributed by atoms with Crippen molar-refractivity contribution in [3.63, 3.8) is 0 Å². The molecule has 2 rings (SSSR count). The second-order valence-electron chi connectivity index (χ2n) is 7.04. The number of hydrogen-bond donors (Lipinski definition) is 0. The Balaban J connectivity index is 2.02. The predicted octanol–water partition coefficient (Wildman–Crippen LogP) is 7.20. The molecule has 0 nitrogen and oxygen atoms in total. The molecule has 23 heavy (non-hydrogen) atoms. The molecule has 0 atom stereocenters. The molecular weight excluding hydrogens is 398 g/mol. The SMILES string of the molecule is C=Ic1c(CCC)ccc(C2CCC(CCCCC)CC2)c1F. The Bertz CT molecular complexity index is 501. The number of hydrogen-bond acceptors (Lipinski definition) is 0. The maximum atomic E-state index is 15.0. The van der Waals surface area contributed by atoms with Crippen LogP contribution in [0.25, 0.3) is 0 Å². The molecule has 0 aromatic heterocycles. The van der Waals surface area contributed by atoms with Crippen LogP contribution in [0, 0.1) is 15.3 Å². The number of aryl methyl sites for hydroxylation is 1. The minimum atomic E-state index is -0.430. The van der Waals surface area contributed by atoms with Gasteiger partial charge >= 0.3 is 0 Å². The van der Waals surface area contributed by atoms with Crippen LogP contribution in [-0.2, 0) is 6.42 Å². The zero-order valence-corrected chi connectivity index (χ0v) is 17.0. The van der Waals surface area contributed by atoms with Crippen molar-refractivity contribution in [2.45, 2.75) is 84.0 Å². The second kappa shape index (κ2) is 9.90. The summed E-state index contributed by atoms with van der Waals surface area (Å²) in [6.45, 7) is 4.43. The number of benzene rings is 1. The molecule has 1 aromatic carbocycles. The Morgan fingerprint density at radius 3 is 2.43 bits per heavy atom. The maximum absolute atomic E-state index is 15.0. The lowest BCUT2D eigenvalue weighted by Crippen LogP contribution is -2.15. The average molecular weight is 430 g/mol. The molecule has 1 aliphatic rings.